The molecular formula is C14H26BrNO3. The van der Waals surface area contributed by atoms with Crippen molar-refractivity contribution >= 4 is 22.0 Å². The number of alkyl halides is 1. The lowest BCUT2D eigenvalue weighted by Gasteiger charge is -2.23. The SMILES string of the molecule is CC(C)(C)OC(=O)NCC(O)C1CCCC(Br)CC1. The highest BCUT2D eigenvalue weighted by atomic mass is 79.9. The number of carbonyl (C=O) groups is 1. The van der Waals surface area contributed by atoms with Crippen LogP contribution in [0.5, 0.6) is 0 Å². The van der Waals surface area contributed by atoms with Crippen LogP contribution in [0.3, 0.4) is 0 Å². The van der Waals surface area contributed by atoms with Gasteiger partial charge >= 0.3 is 6.09 Å². The van der Waals surface area contributed by atoms with Gasteiger partial charge in [-0.1, -0.05) is 22.4 Å². The standard InChI is InChI=1S/C14H26BrNO3/c1-14(2,3)19-13(18)16-9-12(17)10-5-4-6-11(15)8-7-10/h10-12,17H,4-9H2,1-3H3,(H,16,18). The molecule has 1 aliphatic rings. The van der Waals surface area contributed by atoms with Crippen LogP contribution in [0, 0.1) is 5.92 Å². The van der Waals surface area contributed by atoms with Gasteiger partial charge in [0.05, 0.1) is 6.10 Å². The highest BCUT2D eigenvalue weighted by molar-refractivity contribution is 9.09. The van der Waals surface area contributed by atoms with E-state index in [-0.39, 0.29) is 12.5 Å². The average Bonchev–Trinajstić information content (AvgIpc) is 2.48. The van der Waals surface area contributed by atoms with Crippen LogP contribution >= 0.6 is 15.9 Å². The van der Waals surface area contributed by atoms with Crippen molar-refractivity contribution in [2.24, 2.45) is 5.92 Å². The minimum atomic E-state index is -0.499. The molecule has 0 aliphatic heterocycles. The first kappa shape index (κ1) is 16.8. The molecule has 2 N–H and O–H groups in total. The van der Waals surface area contributed by atoms with Crippen molar-refractivity contribution in [3.63, 3.8) is 0 Å². The van der Waals surface area contributed by atoms with E-state index >= 15 is 0 Å². The number of aliphatic hydroxyl groups is 1. The molecule has 0 saturated heterocycles. The van der Waals surface area contributed by atoms with Gasteiger partial charge in [0.25, 0.3) is 0 Å². The molecule has 1 aliphatic carbocycles. The number of amides is 1. The number of hydrogen-bond acceptors (Lipinski definition) is 3. The van der Waals surface area contributed by atoms with E-state index in [9.17, 15) is 9.90 Å². The molecule has 1 rings (SSSR count). The Morgan fingerprint density at radius 3 is 2.68 bits per heavy atom. The van der Waals surface area contributed by atoms with Crippen LogP contribution in [0.15, 0.2) is 0 Å². The van der Waals surface area contributed by atoms with Gasteiger partial charge in [0.2, 0.25) is 0 Å². The smallest absolute Gasteiger partial charge is 0.407 e. The Hall–Kier alpha value is -0.290. The van der Waals surface area contributed by atoms with Crippen LogP contribution in [0.4, 0.5) is 4.79 Å². The number of ether oxygens (including phenoxy) is 1. The molecule has 1 amide bonds. The van der Waals surface area contributed by atoms with Crippen LogP contribution in [-0.2, 0) is 4.74 Å². The Kier molecular flexibility index (Phi) is 6.60. The molecule has 3 atom stereocenters. The number of carbonyl (C=O) groups excluding carboxylic acids is 1. The topological polar surface area (TPSA) is 58.6 Å². The predicted octanol–water partition coefficient (Wildman–Crippen LogP) is 3.22. The van der Waals surface area contributed by atoms with Crippen LogP contribution < -0.4 is 5.32 Å². The van der Waals surface area contributed by atoms with Gasteiger partial charge in [0.1, 0.15) is 5.60 Å². The van der Waals surface area contributed by atoms with Gasteiger partial charge in [-0.05, 0) is 52.4 Å². The molecule has 1 saturated carbocycles. The highest BCUT2D eigenvalue weighted by Gasteiger charge is 2.24. The van der Waals surface area contributed by atoms with Gasteiger partial charge in [-0.2, -0.15) is 0 Å². The van der Waals surface area contributed by atoms with Gasteiger partial charge in [0, 0.05) is 11.4 Å². The Morgan fingerprint density at radius 2 is 2.05 bits per heavy atom. The number of rotatable bonds is 3. The van der Waals surface area contributed by atoms with E-state index < -0.39 is 17.8 Å². The van der Waals surface area contributed by atoms with Crippen molar-refractivity contribution < 1.29 is 14.6 Å². The molecule has 0 radical (unpaired) electrons. The van der Waals surface area contributed by atoms with Crippen LogP contribution in [0.25, 0.3) is 0 Å². The third kappa shape index (κ3) is 7.16. The van der Waals surface area contributed by atoms with Gasteiger partial charge in [-0.25, -0.2) is 4.79 Å². The van der Waals surface area contributed by atoms with Gasteiger partial charge < -0.3 is 15.2 Å². The van der Waals surface area contributed by atoms with E-state index in [4.69, 9.17) is 4.74 Å². The largest absolute Gasteiger partial charge is 0.444 e. The van der Waals surface area contributed by atoms with Crippen molar-refractivity contribution in [1.82, 2.24) is 5.32 Å². The summed E-state index contributed by atoms with van der Waals surface area (Å²) in [4.78, 5) is 12.1. The van der Waals surface area contributed by atoms with Gasteiger partial charge in [0.15, 0.2) is 0 Å². The lowest BCUT2D eigenvalue weighted by Crippen LogP contribution is -2.39. The Labute approximate surface area is 124 Å². The minimum absolute atomic E-state index is 0.270. The van der Waals surface area contributed by atoms with Gasteiger partial charge in [-0.15, -0.1) is 0 Å². The molecule has 0 heterocycles. The van der Waals surface area contributed by atoms with Crippen molar-refractivity contribution in [1.29, 1.82) is 0 Å². The predicted molar refractivity (Wildman–Crippen MR) is 79.5 cm³/mol. The zero-order valence-electron chi connectivity index (χ0n) is 12.1. The van der Waals surface area contributed by atoms with Crippen molar-refractivity contribution in [2.45, 2.75) is 69.4 Å². The summed E-state index contributed by atoms with van der Waals surface area (Å²) in [5, 5.41) is 12.8. The number of alkyl carbamates (subject to hydrolysis) is 1. The lowest BCUT2D eigenvalue weighted by molar-refractivity contribution is 0.0443. The van der Waals surface area contributed by atoms with Crippen LogP contribution in [-0.4, -0.2) is 34.3 Å². The lowest BCUT2D eigenvalue weighted by atomic mass is 9.94. The third-order valence-corrected chi connectivity index (χ3v) is 4.26. The molecule has 112 valence electrons. The number of halogens is 1. The monoisotopic (exact) mass is 335 g/mol. The molecule has 3 unspecified atom stereocenters. The summed E-state index contributed by atoms with van der Waals surface area (Å²) in [6.45, 7) is 5.74. The van der Waals surface area contributed by atoms with Gasteiger partial charge in [-0.3, -0.25) is 0 Å². The fourth-order valence-corrected chi connectivity index (χ4v) is 2.93. The third-order valence-electron chi connectivity index (χ3n) is 3.34. The highest BCUT2D eigenvalue weighted by Crippen LogP contribution is 2.29. The maximum Gasteiger partial charge on any atom is 0.407 e. The van der Waals surface area contributed by atoms with E-state index in [1.807, 2.05) is 20.8 Å². The second-order valence-electron chi connectivity index (χ2n) is 6.32. The fraction of sp³-hybridized carbons (Fsp3) is 0.929. The average molecular weight is 336 g/mol. The number of nitrogens with one attached hydrogen (secondary N) is 1. The van der Waals surface area contributed by atoms with E-state index in [0.29, 0.717) is 4.83 Å². The number of aliphatic hydroxyl groups excluding tert-OH is 1. The second kappa shape index (κ2) is 7.48. The molecule has 19 heavy (non-hydrogen) atoms. The molecular weight excluding hydrogens is 310 g/mol. The summed E-state index contributed by atoms with van der Waals surface area (Å²) in [6.07, 6.45) is 4.48. The summed E-state index contributed by atoms with van der Waals surface area (Å²) in [7, 11) is 0. The molecule has 0 aromatic rings. The number of hydrogen-bond donors (Lipinski definition) is 2. The Morgan fingerprint density at radius 1 is 1.37 bits per heavy atom. The van der Waals surface area contributed by atoms with Crippen molar-refractivity contribution in [3.05, 3.63) is 0 Å². The van der Waals surface area contributed by atoms with Crippen molar-refractivity contribution in [3.8, 4) is 0 Å². The summed E-state index contributed by atoms with van der Waals surface area (Å²) < 4.78 is 5.15. The van der Waals surface area contributed by atoms with Crippen molar-refractivity contribution in [2.75, 3.05) is 6.54 Å². The molecule has 4 nitrogen and oxygen atoms in total. The van der Waals surface area contributed by atoms with E-state index in [0.717, 1.165) is 25.7 Å². The Balaban J connectivity index is 2.30. The molecule has 0 aromatic carbocycles. The van der Waals surface area contributed by atoms with E-state index in [2.05, 4.69) is 21.2 Å². The summed E-state index contributed by atoms with van der Waals surface area (Å²) in [5.74, 6) is 0.275. The van der Waals surface area contributed by atoms with Crippen LogP contribution in [0.1, 0.15) is 52.9 Å². The zero-order valence-corrected chi connectivity index (χ0v) is 13.7. The molecule has 1 fully saturated rings. The Bertz CT molecular complexity index is 291. The van der Waals surface area contributed by atoms with E-state index in [1.54, 1.807) is 0 Å². The maximum atomic E-state index is 11.5. The zero-order chi connectivity index (χ0) is 14.5. The molecule has 0 bridgehead atoms. The summed E-state index contributed by atoms with van der Waals surface area (Å²) in [5.41, 5.74) is -0.499. The molecule has 5 heteroatoms. The first-order valence-electron chi connectivity index (χ1n) is 7.07. The summed E-state index contributed by atoms with van der Waals surface area (Å²) >= 11 is 3.64. The normalized spacial score (nSPS) is 26.4. The van der Waals surface area contributed by atoms with Crippen LogP contribution in [0.2, 0.25) is 0 Å². The first-order chi connectivity index (χ1) is 8.78. The van der Waals surface area contributed by atoms with E-state index in [1.165, 1.54) is 6.42 Å². The second-order valence-corrected chi connectivity index (χ2v) is 7.61. The quantitative estimate of drug-likeness (QED) is 0.615. The minimum Gasteiger partial charge on any atom is -0.444 e. The molecule has 0 aromatic heterocycles. The molecule has 0 spiro atoms. The first-order valence-corrected chi connectivity index (χ1v) is 7.98. The maximum absolute atomic E-state index is 11.5. The summed E-state index contributed by atoms with van der Waals surface area (Å²) in [6, 6.07) is 0. The fourth-order valence-electron chi connectivity index (χ4n) is 2.34.